The fourth-order valence-electron chi connectivity index (χ4n) is 1.96. The molecule has 5 heteroatoms. The van der Waals surface area contributed by atoms with Gasteiger partial charge in [-0.25, -0.2) is 9.97 Å². The van der Waals surface area contributed by atoms with Crippen LogP contribution in [0.15, 0.2) is 6.07 Å². The van der Waals surface area contributed by atoms with Gasteiger partial charge in [-0.05, 0) is 26.9 Å². The van der Waals surface area contributed by atoms with Gasteiger partial charge in [-0.15, -0.1) is 0 Å². The maximum atomic E-state index is 8.81. The molecule has 0 amide bonds. The average molecular weight is 217 g/mol. The van der Waals surface area contributed by atoms with E-state index in [0.29, 0.717) is 17.6 Å². The lowest BCUT2D eigenvalue weighted by Gasteiger charge is -2.13. The molecule has 0 aliphatic carbocycles. The third-order valence-corrected chi connectivity index (χ3v) is 2.70. The summed E-state index contributed by atoms with van der Waals surface area (Å²) in [5, 5.41) is 12.2. The smallest absolute Gasteiger partial charge is 0.146 e. The minimum absolute atomic E-state index is 0.418. The topological polar surface area (TPSA) is 64.8 Å². The van der Waals surface area contributed by atoms with Crippen LogP contribution < -0.4 is 5.32 Å². The summed E-state index contributed by atoms with van der Waals surface area (Å²) in [7, 11) is 2.10. The Balaban J connectivity index is 2.10. The van der Waals surface area contributed by atoms with Gasteiger partial charge in [-0.2, -0.15) is 5.26 Å². The molecule has 1 aromatic heterocycles. The summed E-state index contributed by atoms with van der Waals surface area (Å²) >= 11 is 0. The maximum absolute atomic E-state index is 8.81. The van der Waals surface area contributed by atoms with Crippen LogP contribution in [0.2, 0.25) is 0 Å². The minimum atomic E-state index is 0.418. The van der Waals surface area contributed by atoms with Gasteiger partial charge in [0.1, 0.15) is 23.4 Å². The molecule has 5 nitrogen and oxygen atoms in total. The van der Waals surface area contributed by atoms with E-state index in [9.17, 15) is 0 Å². The van der Waals surface area contributed by atoms with Crippen molar-refractivity contribution in [1.29, 1.82) is 5.26 Å². The SMILES string of the molecule is Cc1nc(C#N)cc(NC2CCN(C)C2)n1. The number of anilines is 1. The molecule has 1 atom stereocenters. The number of rotatable bonds is 2. The third kappa shape index (κ3) is 2.47. The van der Waals surface area contributed by atoms with E-state index in [2.05, 4.69) is 27.2 Å². The Morgan fingerprint density at radius 1 is 1.56 bits per heavy atom. The van der Waals surface area contributed by atoms with E-state index >= 15 is 0 Å². The Morgan fingerprint density at radius 3 is 3.00 bits per heavy atom. The summed E-state index contributed by atoms with van der Waals surface area (Å²) in [4.78, 5) is 10.6. The van der Waals surface area contributed by atoms with Gasteiger partial charge in [-0.3, -0.25) is 0 Å². The van der Waals surface area contributed by atoms with Crippen molar-refractivity contribution in [3.8, 4) is 6.07 Å². The lowest BCUT2D eigenvalue weighted by molar-refractivity contribution is 0.414. The second-order valence-electron chi connectivity index (χ2n) is 4.19. The van der Waals surface area contributed by atoms with Gasteiger partial charge in [0, 0.05) is 18.7 Å². The Bertz CT molecular complexity index is 423. The predicted octanol–water partition coefficient (Wildman–Crippen LogP) is 0.773. The molecule has 1 aliphatic rings. The van der Waals surface area contributed by atoms with Crippen molar-refractivity contribution >= 4 is 5.82 Å². The van der Waals surface area contributed by atoms with E-state index in [1.165, 1.54) is 0 Å². The first kappa shape index (κ1) is 10.8. The van der Waals surface area contributed by atoms with Crippen LogP contribution in [-0.2, 0) is 0 Å². The monoisotopic (exact) mass is 217 g/mol. The number of aryl methyl sites for hydroxylation is 1. The molecule has 1 fully saturated rings. The largest absolute Gasteiger partial charge is 0.366 e. The van der Waals surface area contributed by atoms with Crippen LogP contribution in [0.25, 0.3) is 0 Å². The van der Waals surface area contributed by atoms with Crippen LogP contribution in [0.3, 0.4) is 0 Å². The Hall–Kier alpha value is -1.67. The number of nitrogens with one attached hydrogen (secondary N) is 1. The highest BCUT2D eigenvalue weighted by atomic mass is 15.2. The lowest BCUT2D eigenvalue weighted by atomic mass is 10.2. The van der Waals surface area contributed by atoms with E-state index in [-0.39, 0.29) is 0 Å². The number of hydrogen-bond acceptors (Lipinski definition) is 5. The molecule has 2 heterocycles. The minimum Gasteiger partial charge on any atom is -0.366 e. The molecule has 0 bridgehead atoms. The lowest BCUT2D eigenvalue weighted by Crippen LogP contribution is -2.24. The molecule has 1 unspecified atom stereocenters. The number of hydrogen-bond donors (Lipinski definition) is 1. The van der Waals surface area contributed by atoms with Crippen molar-refractivity contribution in [2.24, 2.45) is 0 Å². The van der Waals surface area contributed by atoms with E-state index in [4.69, 9.17) is 5.26 Å². The summed E-state index contributed by atoms with van der Waals surface area (Å²) < 4.78 is 0. The highest BCUT2D eigenvalue weighted by Crippen LogP contribution is 2.13. The van der Waals surface area contributed by atoms with Crippen molar-refractivity contribution in [1.82, 2.24) is 14.9 Å². The van der Waals surface area contributed by atoms with Gasteiger partial charge in [0.25, 0.3) is 0 Å². The first-order chi connectivity index (χ1) is 7.67. The molecule has 1 N–H and O–H groups in total. The Labute approximate surface area is 95.1 Å². The normalized spacial score (nSPS) is 20.7. The second-order valence-corrected chi connectivity index (χ2v) is 4.19. The number of aromatic nitrogens is 2. The van der Waals surface area contributed by atoms with Crippen LogP contribution in [-0.4, -0.2) is 41.0 Å². The number of nitrogens with zero attached hydrogens (tertiary/aromatic N) is 4. The van der Waals surface area contributed by atoms with Gasteiger partial charge in [0.2, 0.25) is 0 Å². The van der Waals surface area contributed by atoms with E-state index in [0.717, 1.165) is 25.3 Å². The quantitative estimate of drug-likeness (QED) is 0.792. The van der Waals surface area contributed by atoms with Crippen LogP contribution in [0.4, 0.5) is 5.82 Å². The van der Waals surface area contributed by atoms with Gasteiger partial charge >= 0.3 is 0 Å². The van der Waals surface area contributed by atoms with Crippen LogP contribution >= 0.6 is 0 Å². The first-order valence-corrected chi connectivity index (χ1v) is 5.38. The Kier molecular flexibility index (Phi) is 3.02. The molecule has 2 rings (SSSR count). The molecule has 0 aromatic carbocycles. The standard InChI is InChI=1S/C11H15N5/c1-8-13-10(6-12)5-11(14-8)15-9-3-4-16(2)7-9/h5,9H,3-4,7H2,1-2H3,(H,13,14,15). The summed E-state index contributed by atoms with van der Waals surface area (Å²) in [6.45, 7) is 3.92. The van der Waals surface area contributed by atoms with E-state index in [1.807, 2.05) is 6.07 Å². The summed E-state index contributed by atoms with van der Waals surface area (Å²) in [5.41, 5.74) is 0.418. The first-order valence-electron chi connectivity index (χ1n) is 5.38. The molecule has 0 spiro atoms. The van der Waals surface area contributed by atoms with Gasteiger partial charge in [0.15, 0.2) is 0 Å². The molecule has 1 aromatic rings. The number of likely N-dealkylation sites (tertiary alicyclic amines) is 1. The zero-order valence-electron chi connectivity index (χ0n) is 9.56. The summed E-state index contributed by atoms with van der Waals surface area (Å²) in [5.74, 6) is 1.39. The zero-order valence-corrected chi connectivity index (χ0v) is 9.56. The fourth-order valence-corrected chi connectivity index (χ4v) is 1.96. The zero-order chi connectivity index (χ0) is 11.5. The van der Waals surface area contributed by atoms with Crippen molar-refractivity contribution < 1.29 is 0 Å². The fraction of sp³-hybridized carbons (Fsp3) is 0.545. The molecule has 0 saturated carbocycles. The molecule has 1 aliphatic heterocycles. The molecule has 1 saturated heterocycles. The van der Waals surface area contributed by atoms with Crippen LogP contribution in [0.5, 0.6) is 0 Å². The van der Waals surface area contributed by atoms with Gasteiger partial charge in [0.05, 0.1) is 0 Å². The van der Waals surface area contributed by atoms with Crippen molar-refractivity contribution in [2.75, 3.05) is 25.5 Å². The van der Waals surface area contributed by atoms with Gasteiger partial charge < -0.3 is 10.2 Å². The molecular weight excluding hydrogens is 202 g/mol. The summed E-state index contributed by atoms with van der Waals surface area (Å²) in [6.07, 6.45) is 1.11. The van der Waals surface area contributed by atoms with Gasteiger partial charge in [-0.1, -0.05) is 0 Å². The molecule has 16 heavy (non-hydrogen) atoms. The maximum Gasteiger partial charge on any atom is 0.146 e. The van der Waals surface area contributed by atoms with E-state index in [1.54, 1.807) is 13.0 Å². The number of likely N-dealkylation sites (N-methyl/N-ethyl adjacent to an activating group) is 1. The van der Waals surface area contributed by atoms with Crippen molar-refractivity contribution in [3.63, 3.8) is 0 Å². The predicted molar refractivity (Wildman–Crippen MR) is 61.0 cm³/mol. The average Bonchev–Trinajstić information content (AvgIpc) is 2.63. The number of nitriles is 1. The van der Waals surface area contributed by atoms with Crippen molar-refractivity contribution in [3.05, 3.63) is 17.6 Å². The summed E-state index contributed by atoms with van der Waals surface area (Å²) in [6, 6.07) is 4.16. The third-order valence-electron chi connectivity index (χ3n) is 2.70. The highest BCUT2D eigenvalue weighted by Gasteiger charge is 2.19. The van der Waals surface area contributed by atoms with Crippen LogP contribution in [0, 0.1) is 18.3 Å². The Morgan fingerprint density at radius 2 is 2.38 bits per heavy atom. The second kappa shape index (κ2) is 4.45. The molecule has 84 valence electrons. The highest BCUT2D eigenvalue weighted by molar-refractivity contribution is 5.41. The molecule has 0 radical (unpaired) electrons. The molecular formula is C11H15N5. The van der Waals surface area contributed by atoms with E-state index < -0.39 is 0 Å². The van der Waals surface area contributed by atoms with Crippen molar-refractivity contribution in [2.45, 2.75) is 19.4 Å². The van der Waals surface area contributed by atoms with Crippen LogP contribution in [0.1, 0.15) is 17.9 Å².